The van der Waals surface area contributed by atoms with E-state index in [4.69, 9.17) is 4.42 Å². The molecule has 1 aliphatic rings. The Bertz CT molecular complexity index is 855. The molecule has 1 aromatic heterocycles. The molecule has 0 bridgehead atoms. The van der Waals surface area contributed by atoms with Gasteiger partial charge in [0.2, 0.25) is 0 Å². The number of piperidine rings is 1. The van der Waals surface area contributed by atoms with E-state index < -0.39 is 17.5 Å². The molecule has 1 aliphatic heterocycles. The third-order valence-electron chi connectivity index (χ3n) is 5.48. The molecule has 6 heteroatoms. The Morgan fingerprint density at radius 2 is 2.08 bits per heavy atom. The van der Waals surface area contributed by atoms with Crippen molar-refractivity contribution < 1.29 is 24.2 Å². The topological polar surface area (TPSA) is 91.0 Å². The van der Waals surface area contributed by atoms with Crippen LogP contribution in [-0.2, 0) is 4.79 Å². The predicted molar refractivity (Wildman–Crippen MR) is 97.2 cm³/mol. The van der Waals surface area contributed by atoms with Crippen LogP contribution in [0, 0.1) is 19.3 Å². The van der Waals surface area contributed by atoms with Crippen molar-refractivity contribution in [2.24, 2.45) is 5.41 Å². The molecule has 1 saturated heterocycles. The second-order valence-corrected chi connectivity index (χ2v) is 7.30. The SMILES string of the molecule is CCC[C@@]1(C(=O)O)CN(C(=O)c2oc3ccc(C)cc3c2C)CC[C@H]1O. The molecule has 2 N–H and O–H groups in total. The van der Waals surface area contributed by atoms with Crippen LogP contribution in [0.4, 0.5) is 0 Å². The van der Waals surface area contributed by atoms with Gasteiger partial charge in [-0.05, 0) is 38.8 Å². The molecule has 0 spiro atoms. The zero-order valence-corrected chi connectivity index (χ0v) is 15.4. The number of furan rings is 1. The maximum atomic E-state index is 13.1. The minimum atomic E-state index is -1.32. The van der Waals surface area contributed by atoms with Gasteiger partial charge in [0, 0.05) is 24.0 Å². The van der Waals surface area contributed by atoms with Crippen molar-refractivity contribution in [3.8, 4) is 0 Å². The lowest BCUT2D eigenvalue weighted by Crippen LogP contribution is -2.57. The number of benzene rings is 1. The highest BCUT2D eigenvalue weighted by Gasteiger charge is 2.49. The van der Waals surface area contributed by atoms with Gasteiger partial charge in [0.25, 0.3) is 5.91 Å². The van der Waals surface area contributed by atoms with Gasteiger partial charge in [0.05, 0.1) is 6.10 Å². The normalized spacial score (nSPS) is 23.4. The number of rotatable bonds is 4. The van der Waals surface area contributed by atoms with Crippen LogP contribution in [0.2, 0.25) is 0 Å². The fourth-order valence-corrected chi connectivity index (χ4v) is 3.94. The summed E-state index contributed by atoms with van der Waals surface area (Å²) in [6.07, 6.45) is 0.236. The maximum Gasteiger partial charge on any atom is 0.314 e. The molecule has 0 saturated carbocycles. The summed E-state index contributed by atoms with van der Waals surface area (Å²) in [7, 11) is 0. The highest BCUT2D eigenvalue weighted by Crippen LogP contribution is 2.37. The van der Waals surface area contributed by atoms with Crippen molar-refractivity contribution in [3.05, 3.63) is 35.1 Å². The van der Waals surface area contributed by atoms with Crippen LogP contribution in [0.1, 0.15) is 47.9 Å². The van der Waals surface area contributed by atoms with Crippen molar-refractivity contribution in [1.29, 1.82) is 0 Å². The van der Waals surface area contributed by atoms with Crippen molar-refractivity contribution >= 4 is 22.8 Å². The van der Waals surface area contributed by atoms with Crippen molar-refractivity contribution in [1.82, 2.24) is 4.90 Å². The third-order valence-corrected chi connectivity index (χ3v) is 5.48. The second kappa shape index (κ2) is 6.76. The number of likely N-dealkylation sites (tertiary alicyclic amines) is 1. The largest absolute Gasteiger partial charge is 0.481 e. The van der Waals surface area contributed by atoms with Crippen molar-refractivity contribution in [2.75, 3.05) is 13.1 Å². The molecule has 6 nitrogen and oxygen atoms in total. The third kappa shape index (κ3) is 2.88. The Hall–Kier alpha value is -2.34. The molecular weight excluding hydrogens is 334 g/mol. The summed E-state index contributed by atoms with van der Waals surface area (Å²) < 4.78 is 5.78. The first-order valence-corrected chi connectivity index (χ1v) is 9.00. The van der Waals surface area contributed by atoms with Crippen LogP contribution < -0.4 is 0 Å². The molecule has 1 amide bonds. The first kappa shape index (κ1) is 18.5. The molecule has 140 valence electrons. The second-order valence-electron chi connectivity index (χ2n) is 7.30. The fraction of sp³-hybridized carbons (Fsp3) is 0.500. The summed E-state index contributed by atoms with van der Waals surface area (Å²) in [5.41, 5.74) is 1.16. The van der Waals surface area contributed by atoms with Crippen molar-refractivity contribution in [3.63, 3.8) is 0 Å². The summed E-state index contributed by atoms with van der Waals surface area (Å²) in [5.74, 6) is -1.12. The number of fused-ring (bicyclic) bond motifs is 1. The van der Waals surface area contributed by atoms with Crippen LogP contribution >= 0.6 is 0 Å². The van der Waals surface area contributed by atoms with Gasteiger partial charge in [-0.15, -0.1) is 0 Å². The number of hydrogen-bond acceptors (Lipinski definition) is 4. The zero-order chi connectivity index (χ0) is 19.1. The Morgan fingerprint density at radius 3 is 2.73 bits per heavy atom. The van der Waals surface area contributed by atoms with Crippen LogP contribution in [-0.4, -0.2) is 46.2 Å². The Kier molecular flexibility index (Phi) is 4.80. The van der Waals surface area contributed by atoms with Gasteiger partial charge in [0.1, 0.15) is 11.0 Å². The van der Waals surface area contributed by atoms with E-state index in [2.05, 4.69) is 0 Å². The number of carbonyl (C=O) groups excluding carboxylic acids is 1. The Morgan fingerprint density at radius 1 is 1.35 bits per heavy atom. The van der Waals surface area contributed by atoms with Crippen molar-refractivity contribution in [2.45, 2.75) is 46.1 Å². The van der Waals surface area contributed by atoms with Crippen LogP contribution in [0.15, 0.2) is 22.6 Å². The summed E-state index contributed by atoms with van der Waals surface area (Å²) in [5, 5.41) is 21.0. The van der Waals surface area contributed by atoms with Gasteiger partial charge in [-0.25, -0.2) is 0 Å². The zero-order valence-electron chi connectivity index (χ0n) is 15.4. The summed E-state index contributed by atoms with van der Waals surface area (Å²) >= 11 is 0. The highest BCUT2D eigenvalue weighted by atomic mass is 16.4. The number of amides is 1. The quantitative estimate of drug-likeness (QED) is 0.875. The standard InChI is InChI=1S/C20H25NO5/c1-4-8-20(19(24)25)11-21(9-7-16(20)22)18(23)17-13(3)14-10-12(2)5-6-15(14)26-17/h5-6,10,16,22H,4,7-9,11H2,1-3H3,(H,24,25)/t16-,20-/m1/s1. The maximum absolute atomic E-state index is 13.1. The van der Waals surface area contributed by atoms with E-state index in [0.29, 0.717) is 25.0 Å². The first-order valence-electron chi connectivity index (χ1n) is 9.00. The summed E-state index contributed by atoms with van der Waals surface area (Å²) in [4.78, 5) is 26.5. The lowest BCUT2D eigenvalue weighted by Gasteiger charge is -2.43. The smallest absolute Gasteiger partial charge is 0.314 e. The van der Waals surface area contributed by atoms with Gasteiger partial charge >= 0.3 is 5.97 Å². The highest BCUT2D eigenvalue weighted by molar-refractivity contribution is 5.99. The van der Waals surface area contributed by atoms with Gasteiger partial charge in [-0.3, -0.25) is 9.59 Å². The predicted octanol–water partition coefficient (Wildman–Crippen LogP) is 3.13. The molecule has 2 atom stereocenters. The molecular formula is C20H25NO5. The lowest BCUT2D eigenvalue weighted by molar-refractivity contribution is -0.162. The van der Waals surface area contributed by atoms with E-state index in [1.807, 2.05) is 39.0 Å². The molecule has 3 rings (SSSR count). The van der Waals surface area contributed by atoms with Crippen LogP contribution in [0.3, 0.4) is 0 Å². The molecule has 1 fully saturated rings. The van der Waals surface area contributed by atoms with E-state index in [-0.39, 0.29) is 24.6 Å². The van der Waals surface area contributed by atoms with Gasteiger partial charge in [-0.2, -0.15) is 0 Å². The number of carbonyl (C=O) groups is 2. The van der Waals surface area contributed by atoms with Crippen LogP contribution in [0.25, 0.3) is 11.0 Å². The van der Waals surface area contributed by atoms with Gasteiger partial charge in [-0.1, -0.05) is 25.0 Å². The van der Waals surface area contributed by atoms with Gasteiger partial charge < -0.3 is 19.5 Å². The number of carboxylic acids is 1. The average molecular weight is 359 g/mol. The van der Waals surface area contributed by atoms with E-state index in [0.717, 1.165) is 16.5 Å². The monoisotopic (exact) mass is 359 g/mol. The molecule has 0 radical (unpaired) electrons. The molecule has 0 aliphatic carbocycles. The minimum absolute atomic E-state index is 0.00825. The number of aryl methyl sites for hydroxylation is 2. The van der Waals surface area contributed by atoms with E-state index >= 15 is 0 Å². The summed E-state index contributed by atoms with van der Waals surface area (Å²) in [6, 6.07) is 5.74. The average Bonchev–Trinajstić information content (AvgIpc) is 2.92. The Labute approximate surface area is 152 Å². The molecule has 0 unspecified atom stereocenters. The van der Waals surface area contributed by atoms with Crippen LogP contribution in [0.5, 0.6) is 0 Å². The lowest BCUT2D eigenvalue weighted by atomic mass is 9.74. The molecule has 2 heterocycles. The fourth-order valence-electron chi connectivity index (χ4n) is 3.94. The number of aliphatic hydroxyl groups is 1. The molecule has 26 heavy (non-hydrogen) atoms. The number of hydrogen-bond donors (Lipinski definition) is 2. The summed E-state index contributed by atoms with van der Waals surface area (Å²) in [6.45, 7) is 6.00. The van der Waals surface area contributed by atoms with E-state index in [9.17, 15) is 19.8 Å². The minimum Gasteiger partial charge on any atom is -0.481 e. The number of nitrogens with zero attached hydrogens (tertiary/aromatic N) is 1. The number of carboxylic acid groups (broad SMARTS) is 1. The Balaban J connectivity index is 1.95. The molecule has 2 aromatic rings. The number of aliphatic hydroxyl groups excluding tert-OH is 1. The van der Waals surface area contributed by atoms with E-state index in [1.165, 1.54) is 4.90 Å². The number of aliphatic carboxylic acids is 1. The first-order chi connectivity index (χ1) is 12.3. The van der Waals surface area contributed by atoms with E-state index in [1.54, 1.807) is 0 Å². The molecule has 1 aromatic carbocycles. The van der Waals surface area contributed by atoms with Gasteiger partial charge in [0.15, 0.2) is 5.76 Å².